The van der Waals surface area contributed by atoms with Gasteiger partial charge in [0, 0.05) is 17.9 Å². The Morgan fingerprint density at radius 3 is 2.57 bits per heavy atom. The molecule has 1 rings (SSSR count). The first-order valence-corrected chi connectivity index (χ1v) is 4.80. The van der Waals surface area contributed by atoms with Crippen LogP contribution in [0.5, 0.6) is 0 Å². The van der Waals surface area contributed by atoms with Crippen LogP contribution in [-0.2, 0) is 0 Å². The zero-order chi connectivity index (χ0) is 10.2. The van der Waals surface area contributed by atoms with E-state index in [1.165, 1.54) is 0 Å². The van der Waals surface area contributed by atoms with Crippen LogP contribution in [0.15, 0.2) is 30.3 Å². The quantitative estimate of drug-likeness (QED) is 0.647. The summed E-state index contributed by atoms with van der Waals surface area (Å²) in [5, 5.41) is 8.55. The lowest BCUT2D eigenvalue weighted by molar-refractivity contribution is 0.667. The SMILES string of the molecule is CCC(C#Cc1ccccc1)CC#N. The highest BCUT2D eigenvalue weighted by Gasteiger charge is 1.99. The van der Waals surface area contributed by atoms with Crippen molar-refractivity contribution >= 4 is 0 Å². The molecule has 1 atom stereocenters. The van der Waals surface area contributed by atoms with E-state index in [9.17, 15) is 0 Å². The van der Waals surface area contributed by atoms with Gasteiger partial charge in [0.1, 0.15) is 0 Å². The molecule has 0 radical (unpaired) electrons. The van der Waals surface area contributed by atoms with Crippen molar-refractivity contribution in [3.05, 3.63) is 35.9 Å². The lowest BCUT2D eigenvalue weighted by Crippen LogP contribution is -1.92. The highest BCUT2D eigenvalue weighted by atomic mass is 14.2. The summed E-state index contributed by atoms with van der Waals surface area (Å²) in [6.07, 6.45) is 1.46. The van der Waals surface area contributed by atoms with Crippen LogP contribution in [0.3, 0.4) is 0 Å². The van der Waals surface area contributed by atoms with E-state index in [0.29, 0.717) is 6.42 Å². The van der Waals surface area contributed by atoms with Crippen molar-refractivity contribution in [2.24, 2.45) is 5.92 Å². The largest absolute Gasteiger partial charge is 0.198 e. The number of hydrogen-bond donors (Lipinski definition) is 0. The first kappa shape index (κ1) is 10.4. The summed E-state index contributed by atoms with van der Waals surface area (Å²) in [5.41, 5.74) is 1.02. The monoisotopic (exact) mass is 183 g/mol. The van der Waals surface area contributed by atoms with Crippen LogP contribution in [0.4, 0.5) is 0 Å². The predicted molar refractivity (Wildman–Crippen MR) is 57.3 cm³/mol. The number of nitriles is 1. The van der Waals surface area contributed by atoms with Gasteiger partial charge in [-0.05, 0) is 18.6 Å². The fraction of sp³-hybridized carbons (Fsp3) is 0.308. The van der Waals surface area contributed by atoms with Gasteiger partial charge in [0.15, 0.2) is 0 Å². The second kappa shape index (κ2) is 5.84. The van der Waals surface area contributed by atoms with Gasteiger partial charge in [0.25, 0.3) is 0 Å². The molecule has 1 unspecified atom stereocenters. The Morgan fingerprint density at radius 2 is 2.00 bits per heavy atom. The summed E-state index contributed by atoms with van der Waals surface area (Å²) in [6.45, 7) is 2.06. The Balaban J connectivity index is 2.67. The maximum absolute atomic E-state index is 8.55. The van der Waals surface area contributed by atoms with E-state index in [1.807, 2.05) is 30.3 Å². The Bertz CT molecular complexity index is 362. The zero-order valence-electron chi connectivity index (χ0n) is 8.33. The number of hydrogen-bond acceptors (Lipinski definition) is 1. The maximum atomic E-state index is 8.55. The third-order valence-corrected chi connectivity index (χ3v) is 2.02. The number of benzene rings is 1. The van der Waals surface area contributed by atoms with E-state index in [4.69, 9.17) is 5.26 Å². The number of nitrogens with zero attached hydrogens (tertiary/aromatic N) is 1. The van der Waals surface area contributed by atoms with Crippen LogP contribution in [0.25, 0.3) is 0 Å². The molecule has 0 aromatic heterocycles. The van der Waals surface area contributed by atoms with Crippen LogP contribution in [0.2, 0.25) is 0 Å². The Hall–Kier alpha value is -1.73. The van der Waals surface area contributed by atoms with E-state index >= 15 is 0 Å². The van der Waals surface area contributed by atoms with Gasteiger partial charge in [0.05, 0.1) is 6.07 Å². The van der Waals surface area contributed by atoms with Gasteiger partial charge in [-0.25, -0.2) is 0 Å². The average Bonchev–Trinajstić information content (AvgIpc) is 2.25. The van der Waals surface area contributed by atoms with Gasteiger partial charge in [-0.2, -0.15) is 5.26 Å². The average molecular weight is 183 g/mol. The molecule has 1 aromatic rings. The fourth-order valence-electron chi connectivity index (χ4n) is 1.11. The van der Waals surface area contributed by atoms with Crippen LogP contribution < -0.4 is 0 Å². The van der Waals surface area contributed by atoms with Crippen LogP contribution in [0, 0.1) is 29.1 Å². The lowest BCUT2D eigenvalue weighted by Gasteiger charge is -1.98. The molecular formula is C13H13N. The normalized spacial score (nSPS) is 10.9. The maximum Gasteiger partial charge on any atom is 0.0634 e. The molecule has 0 N–H and O–H groups in total. The van der Waals surface area contributed by atoms with Crippen molar-refractivity contribution in [3.8, 4) is 17.9 Å². The Morgan fingerprint density at radius 1 is 1.29 bits per heavy atom. The summed E-state index contributed by atoms with van der Waals surface area (Å²) in [4.78, 5) is 0. The first-order chi connectivity index (χ1) is 6.86. The molecule has 14 heavy (non-hydrogen) atoms. The standard InChI is InChI=1S/C13H13N/c1-2-12(10-11-14)8-9-13-6-4-3-5-7-13/h3-7,12H,2,10H2,1H3. The molecule has 0 saturated carbocycles. The van der Waals surface area contributed by atoms with Crippen molar-refractivity contribution in [3.63, 3.8) is 0 Å². The number of rotatable bonds is 2. The van der Waals surface area contributed by atoms with Crippen molar-refractivity contribution in [2.45, 2.75) is 19.8 Å². The molecule has 0 fully saturated rings. The molecule has 0 aliphatic rings. The van der Waals surface area contributed by atoms with Gasteiger partial charge >= 0.3 is 0 Å². The molecule has 1 nitrogen and oxygen atoms in total. The van der Waals surface area contributed by atoms with Crippen LogP contribution >= 0.6 is 0 Å². The first-order valence-electron chi connectivity index (χ1n) is 4.80. The third kappa shape index (κ3) is 3.33. The second-order valence-corrected chi connectivity index (χ2v) is 3.10. The molecular weight excluding hydrogens is 170 g/mol. The minimum atomic E-state index is 0.209. The second-order valence-electron chi connectivity index (χ2n) is 3.10. The van der Waals surface area contributed by atoms with E-state index in [1.54, 1.807) is 0 Å². The van der Waals surface area contributed by atoms with E-state index in [2.05, 4.69) is 24.8 Å². The molecule has 0 amide bonds. The molecule has 0 spiro atoms. The highest BCUT2D eigenvalue weighted by Crippen LogP contribution is 2.05. The summed E-state index contributed by atoms with van der Waals surface area (Å²) in [7, 11) is 0. The minimum absolute atomic E-state index is 0.209. The fourth-order valence-corrected chi connectivity index (χ4v) is 1.11. The molecule has 0 aliphatic carbocycles. The van der Waals surface area contributed by atoms with Gasteiger partial charge in [-0.1, -0.05) is 37.0 Å². The van der Waals surface area contributed by atoms with E-state index in [0.717, 1.165) is 12.0 Å². The minimum Gasteiger partial charge on any atom is -0.198 e. The molecule has 1 heteroatoms. The van der Waals surface area contributed by atoms with Crippen LogP contribution in [-0.4, -0.2) is 0 Å². The molecule has 70 valence electrons. The Labute approximate surface area is 85.4 Å². The molecule has 0 saturated heterocycles. The molecule has 0 heterocycles. The summed E-state index contributed by atoms with van der Waals surface area (Å²) in [5.74, 6) is 6.40. The topological polar surface area (TPSA) is 23.8 Å². The Kier molecular flexibility index (Phi) is 4.32. The molecule has 0 aliphatic heterocycles. The lowest BCUT2D eigenvalue weighted by atomic mass is 10.0. The van der Waals surface area contributed by atoms with Crippen molar-refractivity contribution in [1.29, 1.82) is 5.26 Å². The van der Waals surface area contributed by atoms with Crippen molar-refractivity contribution < 1.29 is 0 Å². The van der Waals surface area contributed by atoms with Gasteiger partial charge in [-0.3, -0.25) is 0 Å². The van der Waals surface area contributed by atoms with Crippen molar-refractivity contribution in [2.75, 3.05) is 0 Å². The van der Waals surface area contributed by atoms with Gasteiger partial charge in [0.2, 0.25) is 0 Å². The zero-order valence-corrected chi connectivity index (χ0v) is 8.33. The van der Waals surface area contributed by atoms with E-state index < -0.39 is 0 Å². The molecule has 1 aromatic carbocycles. The highest BCUT2D eigenvalue weighted by molar-refractivity contribution is 5.34. The third-order valence-electron chi connectivity index (χ3n) is 2.02. The van der Waals surface area contributed by atoms with E-state index in [-0.39, 0.29) is 5.92 Å². The summed E-state index contributed by atoms with van der Waals surface area (Å²) >= 11 is 0. The summed E-state index contributed by atoms with van der Waals surface area (Å²) < 4.78 is 0. The predicted octanol–water partition coefficient (Wildman–Crippen LogP) is 2.98. The smallest absolute Gasteiger partial charge is 0.0634 e. The van der Waals surface area contributed by atoms with Crippen molar-refractivity contribution in [1.82, 2.24) is 0 Å². The molecule has 0 bridgehead atoms. The summed E-state index contributed by atoms with van der Waals surface area (Å²) in [6, 6.07) is 12.0. The van der Waals surface area contributed by atoms with Crippen LogP contribution in [0.1, 0.15) is 25.3 Å². The van der Waals surface area contributed by atoms with Gasteiger partial charge in [-0.15, -0.1) is 0 Å². The van der Waals surface area contributed by atoms with Gasteiger partial charge < -0.3 is 0 Å².